The van der Waals surface area contributed by atoms with Crippen molar-refractivity contribution in [3.05, 3.63) is 0 Å². The van der Waals surface area contributed by atoms with Gasteiger partial charge in [0.2, 0.25) is 0 Å². The van der Waals surface area contributed by atoms with Crippen LogP contribution >= 0.6 is 0 Å². The van der Waals surface area contributed by atoms with Crippen molar-refractivity contribution in [1.82, 2.24) is 0 Å². The third-order valence-electron chi connectivity index (χ3n) is 38.3. The number of rotatable bonds is 30. The lowest BCUT2D eigenvalue weighted by atomic mass is 9.68. The van der Waals surface area contributed by atoms with Gasteiger partial charge in [0.15, 0.2) is 0 Å². The van der Waals surface area contributed by atoms with Gasteiger partial charge in [-0.1, -0.05) is 273 Å². The maximum Gasteiger partial charge on any atom is 0.309 e. The van der Waals surface area contributed by atoms with Gasteiger partial charge in [-0.15, -0.1) is 0 Å². The molecule has 0 aromatic heterocycles. The molecule has 8 saturated heterocycles. The highest BCUT2D eigenvalue weighted by Gasteiger charge is 2.66. The van der Waals surface area contributed by atoms with Gasteiger partial charge in [0, 0.05) is 5.92 Å². The Morgan fingerprint density at radius 1 is 0.262 bits per heavy atom. The van der Waals surface area contributed by atoms with E-state index >= 15 is 0 Å². The Kier molecular flexibility index (Phi) is 66.8. The predicted octanol–water partition coefficient (Wildman–Crippen LogP) is 37.1. The maximum absolute atomic E-state index is 12.4. The van der Waals surface area contributed by atoms with E-state index in [1.807, 2.05) is 83.1 Å². The molecule has 9 saturated carbocycles. The third kappa shape index (κ3) is 33.8. The van der Waals surface area contributed by atoms with Crippen molar-refractivity contribution in [2.75, 3.05) is 0 Å². The first-order valence-corrected chi connectivity index (χ1v) is 55.9. The molecule has 864 valence electrons. The molecule has 18 heteroatoms. The van der Waals surface area contributed by atoms with Crippen LogP contribution in [0.4, 0.5) is 0 Å². The van der Waals surface area contributed by atoms with Crippen molar-refractivity contribution in [1.29, 1.82) is 0 Å². The van der Waals surface area contributed by atoms with Gasteiger partial charge in [0.05, 0.1) is 65.8 Å². The minimum atomic E-state index is -0.501. The SMILES string of the molecule is C.C.C.C.C.C.C.C.C.C.C.C.C.C.CCC(C)C(=O)OC(C)(C)C12CCC(CC1)O2.CCC(C)C(=O)OC(CC)(CC)C12CCC(CC1)O2.CCC(C)C(=O)OC1(C23CCC(CC2)O3)CCCC1.CCC(C)C(=O)OC1(C23CCC(CC2)O3)CCCCC1.CCC(C)C(=O)OC1(C2CC3CCC2C3)CCCC1.CCC(C)C(=O)OC1(C2CCCCC2)CCCC1.CCC(C)C(=O)OC1(C2CCCCC2)CCCCC1. The van der Waals surface area contributed by atoms with Crippen LogP contribution in [0.25, 0.3) is 0 Å². The van der Waals surface area contributed by atoms with Crippen molar-refractivity contribution in [2.45, 2.75) is 706 Å². The molecular formula is C127H248O18. The van der Waals surface area contributed by atoms with Crippen molar-refractivity contribution >= 4 is 41.8 Å². The highest BCUT2D eigenvalue weighted by atomic mass is 16.6. The molecule has 17 aliphatic rings. The highest BCUT2D eigenvalue weighted by Crippen LogP contribution is 2.62. The number of carbonyl (C=O) groups excluding carboxylic acids is 7. The van der Waals surface area contributed by atoms with E-state index < -0.39 is 11.2 Å². The molecule has 10 bridgehead atoms. The molecule has 10 atom stereocenters. The summed E-state index contributed by atoms with van der Waals surface area (Å²) in [6.45, 7) is 36.4. The van der Waals surface area contributed by atoms with E-state index in [4.69, 9.17) is 52.1 Å². The van der Waals surface area contributed by atoms with E-state index in [9.17, 15) is 33.6 Å². The summed E-state index contributed by atoms with van der Waals surface area (Å²) < 4.78 is 67.3. The molecule has 8 aliphatic heterocycles. The number of hydrogen-bond donors (Lipinski definition) is 0. The number of ether oxygens (including phenoxy) is 11. The Hall–Kier alpha value is -3.87. The summed E-state index contributed by atoms with van der Waals surface area (Å²) in [5.74, 6) is 3.89. The Morgan fingerprint density at radius 2 is 0.517 bits per heavy atom. The second kappa shape index (κ2) is 65.7. The minimum Gasteiger partial charge on any atom is -0.459 e. The Bertz CT molecular complexity index is 3450. The standard InChI is InChI=1S/C17H28O3.C17H28O2.C17H30O2.C16H26O3.C16H28O3.C16H28O2.C14H24O3.14CH4/c1-3-13(2)15(18)20-16(9-5-4-6-10-16)17-11-7-14(19-17)8-12-17;1-3-12(2)16(18)19-17(8-4-5-9-17)15-11-13-6-7-14(15)10-13;1-3-14(2)16(18)19-17(12-8-5-9-13-17)15-10-6-4-7-11-15;1-3-12(2)14(17)19-15(8-4-5-9-15)16-10-6-13(18-16)7-11-16;1-5-12(4)14(17)19-15(6-2,7-3)16-10-8-13(18-16)9-11-16;1-3-13(2)15(17)18-16(11-7-8-12-16)14-9-5-4-6-10-14;1-5-10(2)12(15)17-13(3,4)14-8-6-11(16-14)7-9-14;;;;;;;;;;;;;;/h13-14H,3-12H2,1-2H3;12-15H,3-11H2,1-2H3;14-15H,3-13H2,1-2H3;12-13H,3-11H2,1-2H3;12-13H,5-11H2,1-4H3;13-14H,3-12H2,1-2H3;10-11H,5-9H2,1-4H3;14*1H4. The summed E-state index contributed by atoms with van der Waals surface area (Å²) in [6.07, 6.45) is 71.1. The van der Waals surface area contributed by atoms with E-state index in [2.05, 4.69) is 41.5 Å². The van der Waals surface area contributed by atoms with Crippen molar-refractivity contribution in [3.63, 3.8) is 0 Å². The first kappa shape index (κ1) is 147. The van der Waals surface area contributed by atoms with Crippen LogP contribution in [0, 0.1) is 71.0 Å². The van der Waals surface area contributed by atoms with Crippen LogP contribution in [0.5, 0.6) is 0 Å². The molecule has 0 spiro atoms. The zero-order chi connectivity index (χ0) is 94.7. The topological polar surface area (TPSA) is 221 Å². The van der Waals surface area contributed by atoms with E-state index in [0.29, 0.717) is 42.2 Å². The van der Waals surface area contributed by atoms with Gasteiger partial charge in [0.25, 0.3) is 0 Å². The largest absolute Gasteiger partial charge is 0.459 e. The molecule has 0 amide bonds. The zero-order valence-electron chi connectivity index (χ0n) is 86.7. The number of hydrogen-bond acceptors (Lipinski definition) is 18. The first-order chi connectivity index (χ1) is 62.6. The summed E-state index contributed by atoms with van der Waals surface area (Å²) in [7, 11) is 0. The normalized spacial score (nSPS) is 29.6. The number of fused-ring (bicyclic) bond motifs is 10. The number of esters is 7. The Morgan fingerprint density at radius 3 is 0.793 bits per heavy atom. The lowest BCUT2D eigenvalue weighted by Gasteiger charge is -2.48. The molecule has 0 aromatic carbocycles. The molecular weight excluding hydrogens is 1810 g/mol. The monoisotopic (exact) mass is 2060 g/mol. The average Bonchev–Trinajstić information content (AvgIpc) is 1.61. The van der Waals surface area contributed by atoms with E-state index in [-0.39, 0.29) is 238 Å². The van der Waals surface area contributed by atoms with Crippen LogP contribution in [-0.2, 0) is 85.7 Å². The molecule has 10 unspecified atom stereocenters. The van der Waals surface area contributed by atoms with Crippen molar-refractivity contribution in [2.24, 2.45) is 71.0 Å². The fraction of sp³-hybridized carbons (Fsp3) is 0.945. The molecule has 18 nitrogen and oxygen atoms in total. The van der Waals surface area contributed by atoms with Gasteiger partial charge in [-0.05, 0) is 371 Å². The van der Waals surface area contributed by atoms with Gasteiger partial charge in [0.1, 0.15) is 61.6 Å². The quantitative estimate of drug-likeness (QED) is 0.0482. The fourth-order valence-corrected chi connectivity index (χ4v) is 27.8. The minimum absolute atomic E-state index is 0. The van der Waals surface area contributed by atoms with Crippen LogP contribution in [0.1, 0.15) is 620 Å². The molecule has 145 heavy (non-hydrogen) atoms. The second-order valence-electron chi connectivity index (χ2n) is 46.4. The lowest BCUT2D eigenvalue weighted by molar-refractivity contribution is -0.208. The van der Waals surface area contributed by atoms with Crippen LogP contribution in [0.2, 0.25) is 0 Å². The van der Waals surface area contributed by atoms with Gasteiger partial charge < -0.3 is 52.1 Å². The second-order valence-corrected chi connectivity index (χ2v) is 46.4. The van der Waals surface area contributed by atoms with Gasteiger partial charge >= 0.3 is 41.8 Å². The first-order valence-electron chi connectivity index (χ1n) is 55.9. The number of carbonyl (C=O) groups is 7. The van der Waals surface area contributed by atoms with Crippen LogP contribution in [0.3, 0.4) is 0 Å². The summed E-state index contributed by atoms with van der Waals surface area (Å²) >= 11 is 0. The zero-order valence-corrected chi connectivity index (χ0v) is 86.7. The molecule has 17 fully saturated rings. The van der Waals surface area contributed by atoms with Gasteiger partial charge in [-0.25, -0.2) is 0 Å². The maximum atomic E-state index is 12.4. The van der Waals surface area contributed by atoms with Crippen LogP contribution in [0.15, 0.2) is 0 Å². The summed E-state index contributed by atoms with van der Waals surface area (Å²) in [5.41, 5.74) is -2.52. The van der Waals surface area contributed by atoms with Crippen LogP contribution in [-0.4, -0.2) is 128 Å². The summed E-state index contributed by atoms with van der Waals surface area (Å²) in [5, 5.41) is 0. The average molecular weight is 2060 g/mol. The summed E-state index contributed by atoms with van der Waals surface area (Å²) in [4.78, 5) is 85.6. The van der Waals surface area contributed by atoms with E-state index in [0.717, 1.165) is 237 Å². The van der Waals surface area contributed by atoms with Gasteiger partial charge in [-0.3, -0.25) is 33.6 Å². The molecule has 0 aromatic rings. The third-order valence-corrected chi connectivity index (χ3v) is 38.3. The molecule has 0 N–H and O–H groups in total. The Labute approximate surface area is 899 Å². The smallest absolute Gasteiger partial charge is 0.309 e. The lowest BCUT2D eigenvalue weighted by Crippen LogP contribution is -2.56. The molecule has 9 aliphatic carbocycles. The van der Waals surface area contributed by atoms with Crippen LogP contribution < -0.4 is 0 Å². The molecule has 0 radical (unpaired) electrons. The van der Waals surface area contributed by atoms with Crippen molar-refractivity contribution < 1.29 is 85.7 Å². The molecule has 8 heterocycles. The van der Waals surface area contributed by atoms with Crippen molar-refractivity contribution in [3.8, 4) is 0 Å². The summed E-state index contributed by atoms with van der Waals surface area (Å²) in [6, 6.07) is 0. The highest BCUT2D eigenvalue weighted by molar-refractivity contribution is 5.75. The predicted molar refractivity (Wildman–Crippen MR) is 612 cm³/mol. The fourth-order valence-electron chi connectivity index (χ4n) is 27.8. The Balaban J connectivity index is -0.000000788. The van der Waals surface area contributed by atoms with E-state index in [1.165, 1.54) is 167 Å². The molecule has 17 rings (SSSR count). The van der Waals surface area contributed by atoms with E-state index in [1.54, 1.807) is 0 Å². The van der Waals surface area contributed by atoms with Gasteiger partial charge in [-0.2, -0.15) is 0 Å².